The number of phosphoric acid groups is 1. The summed E-state index contributed by atoms with van der Waals surface area (Å²) in [7, 11) is -4.27. The summed E-state index contributed by atoms with van der Waals surface area (Å²) in [4.78, 5) is 22.4. The molecule has 0 spiro atoms. The van der Waals surface area contributed by atoms with E-state index in [-0.39, 0.29) is 32.3 Å². The van der Waals surface area contributed by atoms with Crippen LogP contribution in [-0.4, -0.2) is 49.9 Å². The first-order chi connectivity index (χ1) is 24.4. The zero-order valence-corrected chi connectivity index (χ0v) is 33.8. The van der Waals surface area contributed by atoms with Gasteiger partial charge in [-0.2, -0.15) is 0 Å². The molecular formula is C41H82NO7P. The Balaban J connectivity index is 4.02. The van der Waals surface area contributed by atoms with Crippen LogP contribution < -0.4 is 5.73 Å². The predicted molar refractivity (Wildman–Crippen MR) is 210 cm³/mol. The smallest absolute Gasteiger partial charge is 0.457 e. The maximum absolute atomic E-state index is 12.6. The second kappa shape index (κ2) is 39.4. The number of carbonyl (C=O) groups is 1. The van der Waals surface area contributed by atoms with Crippen LogP contribution in [0.5, 0.6) is 0 Å². The van der Waals surface area contributed by atoms with E-state index in [9.17, 15) is 14.3 Å². The van der Waals surface area contributed by atoms with E-state index < -0.39 is 13.9 Å². The minimum Gasteiger partial charge on any atom is -0.457 e. The summed E-state index contributed by atoms with van der Waals surface area (Å²) in [6.07, 6.45) is 40.8. The number of allylic oxidation sites excluding steroid dienone is 2. The molecule has 0 saturated heterocycles. The van der Waals surface area contributed by atoms with E-state index in [2.05, 4.69) is 26.0 Å². The normalized spacial score (nSPS) is 13.6. The minimum absolute atomic E-state index is 0.0930. The highest BCUT2D eigenvalue weighted by Gasteiger charge is 2.25. The molecule has 8 nitrogen and oxygen atoms in total. The molecule has 3 N–H and O–H groups in total. The summed E-state index contributed by atoms with van der Waals surface area (Å²) in [6.45, 7) is 4.95. The number of unbranched alkanes of at least 4 members (excludes halogenated alkanes) is 26. The summed E-state index contributed by atoms with van der Waals surface area (Å²) in [6, 6.07) is 0. The number of ether oxygens (including phenoxy) is 2. The molecule has 0 fully saturated rings. The van der Waals surface area contributed by atoms with Gasteiger partial charge in [0.2, 0.25) is 0 Å². The fourth-order valence-corrected chi connectivity index (χ4v) is 6.82. The second-order valence-electron chi connectivity index (χ2n) is 14.2. The topological polar surface area (TPSA) is 117 Å². The average molecular weight is 732 g/mol. The van der Waals surface area contributed by atoms with Crippen LogP contribution in [0.1, 0.15) is 206 Å². The van der Waals surface area contributed by atoms with E-state index in [1.165, 1.54) is 154 Å². The van der Waals surface area contributed by atoms with Gasteiger partial charge >= 0.3 is 13.8 Å². The van der Waals surface area contributed by atoms with Crippen molar-refractivity contribution in [1.82, 2.24) is 0 Å². The first-order valence-corrected chi connectivity index (χ1v) is 22.7. The lowest BCUT2D eigenvalue weighted by molar-refractivity contribution is -0.154. The van der Waals surface area contributed by atoms with Gasteiger partial charge in [0.25, 0.3) is 0 Å². The van der Waals surface area contributed by atoms with Crippen molar-refractivity contribution in [2.24, 2.45) is 5.73 Å². The van der Waals surface area contributed by atoms with Crippen LogP contribution in [0.2, 0.25) is 0 Å². The average Bonchev–Trinajstić information content (AvgIpc) is 3.10. The molecule has 0 heterocycles. The van der Waals surface area contributed by atoms with E-state index in [0.29, 0.717) is 13.0 Å². The largest absolute Gasteiger partial charge is 0.472 e. The zero-order chi connectivity index (χ0) is 36.6. The number of rotatable bonds is 41. The predicted octanol–water partition coefficient (Wildman–Crippen LogP) is 12.3. The first-order valence-electron chi connectivity index (χ1n) is 21.2. The Kier molecular flexibility index (Phi) is 38.8. The highest BCUT2D eigenvalue weighted by Crippen LogP contribution is 2.43. The van der Waals surface area contributed by atoms with Gasteiger partial charge < -0.3 is 20.1 Å². The third kappa shape index (κ3) is 38.5. The number of esters is 1. The molecule has 0 radical (unpaired) electrons. The van der Waals surface area contributed by atoms with Gasteiger partial charge in [-0.15, -0.1) is 0 Å². The van der Waals surface area contributed by atoms with Gasteiger partial charge in [-0.1, -0.05) is 174 Å². The van der Waals surface area contributed by atoms with E-state index in [1.807, 2.05) is 0 Å². The molecule has 0 rings (SSSR count). The van der Waals surface area contributed by atoms with E-state index in [1.54, 1.807) is 0 Å². The Morgan fingerprint density at radius 2 is 1.00 bits per heavy atom. The molecule has 2 atom stereocenters. The van der Waals surface area contributed by atoms with Crippen LogP contribution in [0.3, 0.4) is 0 Å². The van der Waals surface area contributed by atoms with Gasteiger partial charge in [0, 0.05) is 19.6 Å². The molecule has 0 bridgehead atoms. The number of hydrogen-bond acceptors (Lipinski definition) is 7. The lowest BCUT2D eigenvalue weighted by Gasteiger charge is -2.20. The van der Waals surface area contributed by atoms with Crippen LogP contribution in [-0.2, 0) is 27.9 Å². The highest BCUT2D eigenvalue weighted by atomic mass is 31.2. The number of carbonyl (C=O) groups excluding carboxylic acids is 1. The molecule has 0 aliphatic carbocycles. The van der Waals surface area contributed by atoms with E-state index >= 15 is 0 Å². The van der Waals surface area contributed by atoms with Crippen molar-refractivity contribution in [3.8, 4) is 0 Å². The van der Waals surface area contributed by atoms with Gasteiger partial charge in [0.15, 0.2) is 0 Å². The van der Waals surface area contributed by atoms with Gasteiger partial charge in [-0.05, 0) is 38.5 Å². The second-order valence-corrected chi connectivity index (χ2v) is 15.7. The molecule has 9 heteroatoms. The standard InChI is InChI=1S/C41H82NO7P/c1-3-5-7-9-11-13-15-17-19-20-21-22-24-26-28-30-32-34-41(43)49-40(39-48-50(44,45)47-37-35-42)38-46-36-33-31-29-27-25-23-18-16-14-12-10-8-6-4-2/h17,19,40H,3-16,18,20-39,42H2,1-2H3,(H,44,45)/b19-17-/t40-/m1/s1. The summed E-state index contributed by atoms with van der Waals surface area (Å²) in [5.41, 5.74) is 5.36. The Hall–Kier alpha value is -0.760. The lowest BCUT2D eigenvalue weighted by atomic mass is 10.0. The van der Waals surface area contributed by atoms with Crippen LogP contribution in [0.25, 0.3) is 0 Å². The zero-order valence-electron chi connectivity index (χ0n) is 32.9. The SMILES string of the molecule is CCCCCCCC/C=C\CCCCCCCCCC(=O)O[C@H](COCCCCCCCCCCCCCCCC)COP(=O)(O)OCCN. The molecule has 0 aromatic heterocycles. The maximum Gasteiger partial charge on any atom is 0.472 e. The third-order valence-electron chi connectivity index (χ3n) is 9.18. The minimum atomic E-state index is -4.27. The van der Waals surface area contributed by atoms with Crippen LogP contribution in [0.15, 0.2) is 12.2 Å². The Bertz CT molecular complexity index is 782. The van der Waals surface area contributed by atoms with Crippen LogP contribution in [0, 0.1) is 0 Å². The Labute approximate surface area is 309 Å². The summed E-state index contributed by atoms with van der Waals surface area (Å²) >= 11 is 0. The molecule has 0 saturated carbocycles. The summed E-state index contributed by atoms with van der Waals surface area (Å²) in [5.74, 6) is -0.331. The van der Waals surface area contributed by atoms with Crippen molar-refractivity contribution >= 4 is 13.8 Å². The number of hydrogen-bond donors (Lipinski definition) is 2. The molecule has 0 amide bonds. The van der Waals surface area contributed by atoms with Crippen LogP contribution in [0.4, 0.5) is 0 Å². The van der Waals surface area contributed by atoms with Crippen molar-refractivity contribution in [2.45, 2.75) is 213 Å². The molecule has 0 aromatic rings. The summed E-state index contributed by atoms with van der Waals surface area (Å²) < 4.78 is 33.4. The monoisotopic (exact) mass is 732 g/mol. The number of nitrogens with two attached hydrogens (primary N) is 1. The van der Waals surface area contributed by atoms with E-state index in [0.717, 1.165) is 32.1 Å². The highest BCUT2D eigenvalue weighted by molar-refractivity contribution is 7.47. The Morgan fingerprint density at radius 3 is 1.46 bits per heavy atom. The van der Waals surface area contributed by atoms with Crippen molar-refractivity contribution < 1.29 is 32.8 Å². The molecule has 0 aromatic carbocycles. The van der Waals surface area contributed by atoms with Gasteiger partial charge in [-0.3, -0.25) is 13.8 Å². The molecule has 298 valence electrons. The molecule has 50 heavy (non-hydrogen) atoms. The van der Waals surface area contributed by atoms with Crippen molar-refractivity contribution in [3.05, 3.63) is 12.2 Å². The third-order valence-corrected chi connectivity index (χ3v) is 10.2. The molecule has 0 aliphatic heterocycles. The Morgan fingerprint density at radius 1 is 0.580 bits per heavy atom. The molecule has 1 unspecified atom stereocenters. The van der Waals surface area contributed by atoms with Crippen molar-refractivity contribution in [1.29, 1.82) is 0 Å². The molecule has 0 aliphatic rings. The quantitative estimate of drug-likeness (QED) is 0.0276. The van der Waals surface area contributed by atoms with Gasteiger partial charge in [-0.25, -0.2) is 4.57 Å². The summed E-state index contributed by atoms with van der Waals surface area (Å²) in [5, 5.41) is 0. The van der Waals surface area contributed by atoms with Gasteiger partial charge in [0.05, 0.1) is 19.8 Å². The maximum atomic E-state index is 12.6. The molecular weight excluding hydrogens is 649 g/mol. The van der Waals surface area contributed by atoms with Gasteiger partial charge in [0.1, 0.15) is 6.10 Å². The lowest BCUT2D eigenvalue weighted by Crippen LogP contribution is -2.28. The fraction of sp³-hybridized carbons (Fsp3) is 0.927. The van der Waals surface area contributed by atoms with Crippen molar-refractivity contribution in [3.63, 3.8) is 0 Å². The van der Waals surface area contributed by atoms with E-state index in [4.69, 9.17) is 24.3 Å². The number of phosphoric ester groups is 1. The first kappa shape index (κ1) is 49.2. The van der Waals surface area contributed by atoms with Crippen molar-refractivity contribution in [2.75, 3.05) is 33.0 Å². The van der Waals surface area contributed by atoms with Crippen LogP contribution >= 0.6 is 7.82 Å². The fourth-order valence-electron chi connectivity index (χ4n) is 6.05.